The van der Waals surface area contributed by atoms with Gasteiger partial charge in [0.15, 0.2) is 0 Å². The first kappa shape index (κ1) is 13.9. The molecule has 3 rings (SSSR count). The lowest BCUT2D eigenvalue weighted by Gasteiger charge is -2.22. The van der Waals surface area contributed by atoms with Crippen molar-refractivity contribution in [2.45, 2.75) is 32.0 Å². The summed E-state index contributed by atoms with van der Waals surface area (Å²) in [4.78, 5) is 2.51. The summed E-state index contributed by atoms with van der Waals surface area (Å²) in [6, 6.07) is 17.0. The Morgan fingerprint density at radius 2 is 1.35 bits per heavy atom. The Balaban J connectivity index is 1.73. The molecule has 1 nitrogen and oxygen atoms in total. The second-order valence-corrected chi connectivity index (χ2v) is 6.27. The van der Waals surface area contributed by atoms with Gasteiger partial charge in [0.1, 0.15) is 0 Å². The first-order valence-corrected chi connectivity index (χ1v) is 7.69. The van der Waals surface area contributed by atoms with Crippen LogP contribution in [-0.4, -0.2) is 10.9 Å². The van der Waals surface area contributed by atoms with Gasteiger partial charge in [0, 0.05) is 29.2 Å². The Morgan fingerprint density at radius 1 is 0.850 bits per heavy atom. The molecule has 0 amide bonds. The standard InChI is InChI=1S/C17H17Cl2N/c18-15-5-1-3-13(9-15)11-20(17-7-8-17)12-14-4-2-6-16(19)10-14/h1-6,9-10,17H,7-8,11-12H2. The highest BCUT2D eigenvalue weighted by Gasteiger charge is 2.28. The van der Waals surface area contributed by atoms with E-state index in [2.05, 4.69) is 29.2 Å². The van der Waals surface area contributed by atoms with Gasteiger partial charge in [0.2, 0.25) is 0 Å². The fourth-order valence-corrected chi connectivity index (χ4v) is 2.92. The molecule has 0 atom stereocenters. The molecule has 20 heavy (non-hydrogen) atoms. The molecule has 0 radical (unpaired) electrons. The van der Waals surface area contributed by atoms with Crippen LogP contribution in [0.4, 0.5) is 0 Å². The summed E-state index contributed by atoms with van der Waals surface area (Å²) in [6.07, 6.45) is 2.59. The SMILES string of the molecule is Clc1cccc(CN(Cc2cccc(Cl)c2)C2CC2)c1. The van der Waals surface area contributed by atoms with Crippen molar-refractivity contribution < 1.29 is 0 Å². The molecule has 104 valence electrons. The Morgan fingerprint density at radius 3 is 1.75 bits per heavy atom. The molecule has 0 saturated heterocycles. The summed E-state index contributed by atoms with van der Waals surface area (Å²) in [7, 11) is 0. The lowest BCUT2D eigenvalue weighted by atomic mass is 10.1. The Hall–Kier alpha value is -1.02. The van der Waals surface area contributed by atoms with Crippen molar-refractivity contribution in [1.82, 2.24) is 4.90 Å². The van der Waals surface area contributed by atoms with Gasteiger partial charge >= 0.3 is 0 Å². The van der Waals surface area contributed by atoms with E-state index in [4.69, 9.17) is 23.2 Å². The molecule has 0 heterocycles. The van der Waals surface area contributed by atoms with Crippen LogP contribution in [0.3, 0.4) is 0 Å². The van der Waals surface area contributed by atoms with Crippen molar-refractivity contribution in [3.05, 3.63) is 69.7 Å². The lowest BCUT2D eigenvalue weighted by molar-refractivity contribution is 0.246. The van der Waals surface area contributed by atoms with Crippen LogP contribution in [-0.2, 0) is 13.1 Å². The van der Waals surface area contributed by atoms with Crippen molar-refractivity contribution >= 4 is 23.2 Å². The smallest absolute Gasteiger partial charge is 0.0409 e. The van der Waals surface area contributed by atoms with Gasteiger partial charge < -0.3 is 0 Å². The molecule has 0 spiro atoms. The quantitative estimate of drug-likeness (QED) is 0.737. The summed E-state index contributed by atoms with van der Waals surface area (Å²) in [5, 5.41) is 1.61. The van der Waals surface area contributed by atoms with Crippen LogP contribution < -0.4 is 0 Å². The number of rotatable bonds is 5. The monoisotopic (exact) mass is 305 g/mol. The molecule has 0 bridgehead atoms. The van der Waals surface area contributed by atoms with Gasteiger partial charge in [-0.2, -0.15) is 0 Å². The highest BCUT2D eigenvalue weighted by atomic mass is 35.5. The van der Waals surface area contributed by atoms with E-state index in [-0.39, 0.29) is 0 Å². The van der Waals surface area contributed by atoms with Crippen LogP contribution >= 0.6 is 23.2 Å². The van der Waals surface area contributed by atoms with Crippen molar-refractivity contribution in [3.63, 3.8) is 0 Å². The lowest BCUT2D eigenvalue weighted by Crippen LogP contribution is -2.25. The normalized spacial score (nSPS) is 14.8. The number of hydrogen-bond acceptors (Lipinski definition) is 1. The third-order valence-corrected chi connectivity index (χ3v) is 4.08. The molecule has 1 aliphatic rings. The molecule has 2 aromatic rings. The predicted molar refractivity (Wildman–Crippen MR) is 85.2 cm³/mol. The third-order valence-electron chi connectivity index (χ3n) is 3.61. The average Bonchev–Trinajstić information content (AvgIpc) is 3.22. The van der Waals surface area contributed by atoms with E-state index < -0.39 is 0 Å². The second kappa shape index (κ2) is 6.17. The molecule has 0 aliphatic heterocycles. The van der Waals surface area contributed by atoms with Gasteiger partial charge in [-0.25, -0.2) is 0 Å². The fourth-order valence-electron chi connectivity index (χ4n) is 2.49. The maximum Gasteiger partial charge on any atom is 0.0409 e. The molecular formula is C17H17Cl2N. The zero-order chi connectivity index (χ0) is 13.9. The van der Waals surface area contributed by atoms with Gasteiger partial charge in [0.05, 0.1) is 0 Å². The molecule has 3 heteroatoms. The number of halogens is 2. The summed E-state index contributed by atoms with van der Waals surface area (Å²) in [5.74, 6) is 0. The number of hydrogen-bond donors (Lipinski definition) is 0. The van der Waals surface area contributed by atoms with Crippen LogP contribution in [0.15, 0.2) is 48.5 Å². The summed E-state index contributed by atoms with van der Waals surface area (Å²) in [6.45, 7) is 1.88. The summed E-state index contributed by atoms with van der Waals surface area (Å²) in [5.41, 5.74) is 2.54. The van der Waals surface area contributed by atoms with E-state index in [9.17, 15) is 0 Å². The van der Waals surface area contributed by atoms with Gasteiger partial charge in [-0.05, 0) is 48.2 Å². The van der Waals surface area contributed by atoms with Gasteiger partial charge in [-0.15, -0.1) is 0 Å². The van der Waals surface area contributed by atoms with E-state index in [0.29, 0.717) is 6.04 Å². The first-order valence-electron chi connectivity index (χ1n) is 6.93. The van der Waals surface area contributed by atoms with Crippen molar-refractivity contribution in [3.8, 4) is 0 Å². The van der Waals surface area contributed by atoms with E-state index in [1.807, 2.05) is 24.3 Å². The maximum absolute atomic E-state index is 6.07. The minimum absolute atomic E-state index is 0.702. The van der Waals surface area contributed by atoms with Gasteiger partial charge in [-0.3, -0.25) is 4.90 Å². The topological polar surface area (TPSA) is 3.24 Å². The van der Waals surface area contributed by atoms with Crippen molar-refractivity contribution in [2.24, 2.45) is 0 Å². The highest BCUT2D eigenvalue weighted by Crippen LogP contribution is 2.30. The average molecular weight is 306 g/mol. The number of nitrogens with zero attached hydrogens (tertiary/aromatic N) is 1. The van der Waals surface area contributed by atoms with Crippen LogP contribution in [0.2, 0.25) is 10.0 Å². The third kappa shape index (κ3) is 3.76. The van der Waals surface area contributed by atoms with Crippen LogP contribution in [0, 0.1) is 0 Å². The zero-order valence-electron chi connectivity index (χ0n) is 11.2. The van der Waals surface area contributed by atoms with Crippen molar-refractivity contribution in [1.29, 1.82) is 0 Å². The molecule has 0 N–H and O–H groups in total. The molecule has 0 aromatic heterocycles. The number of benzene rings is 2. The fraction of sp³-hybridized carbons (Fsp3) is 0.294. The van der Waals surface area contributed by atoms with E-state index in [0.717, 1.165) is 23.1 Å². The largest absolute Gasteiger partial charge is 0.292 e. The van der Waals surface area contributed by atoms with Gasteiger partial charge in [-0.1, -0.05) is 47.5 Å². The Kier molecular flexibility index (Phi) is 4.30. The highest BCUT2D eigenvalue weighted by molar-refractivity contribution is 6.30. The molecular weight excluding hydrogens is 289 g/mol. The van der Waals surface area contributed by atoms with Crippen LogP contribution in [0.5, 0.6) is 0 Å². The van der Waals surface area contributed by atoms with Crippen LogP contribution in [0.25, 0.3) is 0 Å². The van der Waals surface area contributed by atoms with Crippen molar-refractivity contribution in [2.75, 3.05) is 0 Å². The Labute approximate surface area is 130 Å². The molecule has 1 fully saturated rings. The van der Waals surface area contributed by atoms with E-state index in [1.165, 1.54) is 24.0 Å². The minimum atomic E-state index is 0.702. The molecule has 1 aliphatic carbocycles. The molecule has 0 unspecified atom stereocenters. The van der Waals surface area contributed by atoms with E-state index >= 15 is 0 Å². The predicted octanol–water partition coefficient (Wildman–Crippen LogP) is 5.16. The molecule has 1 saturated carbocycles. The van der Waals surface area contributed by atoms with Crippen LogP contribution in [0.1, 0.15) is 24.0 Å². The summed E-state index contributed by atoms with van der Waals surface area (Å²) < 4.78 is 0. The molecule has 2 aromatic carbocycles. The Bertz CT molecular complexity index is 546. The van der Waals surface area contributed by atoms with E-state index in [1.54, 1.807) is 0 Å². The summed E-state index contributed by atoms with van der Waals surface area (Å²) >= 11 is 12.1. The second-order valence-electron chi connectivity index (χ2n) is 5.40. The van der Waals surface area contributed by atoms with Gasteiger partial charge in [0.25, 0.3) is 0 Å². The zero-order valence-corrected chi connectivity index (χ0v) is 12.7. The maximum atomic E-state index is 6.07. The first-order chi connectivity index (χ1) is 9.70. The minimum Gasteiger partial charge on any atom is -0.292 e.